The molecule has 3 rings (SSSR count). The Morgan fingerprint density at radius 2 is 1.89 bits per heavy atom. The van der Waals surface area contributed by atoms with Gasteiger partial charge in [-0.2, -0.15) is 0 Å². The van der Waals surface area contributed by atoms with E-state index in [2.05, 4.69) is 12.2 Å². The molecule has 104 valence electrons. The summed E-state index contributed by atoms with van der Waals surface area (Å²) in [6.45, 7) is 3.14. The molecule has 0 radical (unpaired) electrons. The molecule has 2 aliphatic carbocycles. The molecule has 4 atom stereocenters. The zero-order valence-corrected chi connectivity index (χ0v) is 11.5. The van der Waals surface area contributed by atoms with Crippen LogP contribution in [-0.2, 0) is 0 Å². The predicted molar refractivity (Wildman–Crippen MR) is 75.1 cm³/mol. The summed E-state index contributed by atoms with van der Waals surface area (Å²) in [5.74, 6) is 3.00. The summed E-state index contributed by atoms with van der Waals surface area (Å²) in [6.07, 6.45) is 5.68. The van der Waals surface area contributed by atoms with Crippen LogP contribution < -0.4 is 5.32 Å². The van der Waals surface area contributed by atoms with Gasteiger partial charge in [-0.3, -0.25) is 0 Å². The van der Waals surface area contributed by atoms with Crippen molar-refractivity contribution in [2.45, 2.75) is 38.6 Å². The molecule has 3 heteroatoms. The van der Waals surface area contributed by atoms with Crippen LogP contribution >= 0.6 is 0 Å². The molecule has 2 fully saturated rings. The molecule has 3 N–H and O–H groups in total. The van der Waals surface area contributed by atoms with Gasteiger partial charge in [0.2, 0.25) is 0 Å². The number of fused-ring (bicyclic) bond motifs is 2. The number of phenolic OH excluding ortho intramolecular Hbond substituents is 2. The maximum Gasteiger partial charge on any atom is 0.119 e. The van der Waals surface area contributed by atoms with Crippen LogP contribution in [0.1, 0.15) is 44.2 Å². The lowest BCUT2D eigenvalue weighted by atomic mass is 9.88. The van der Waals surface area contributed by atoms with Crippen molar-refractivity contribution >= 4 is 0 Å². The first-order chi connectivity index (χ1) is 9.11. The zero-order valence-electron chi connectivity index (χ0n) is 11.5. The number of hydrogen-bond donors (Lipinski definition) is 3. The Bertz CT molecular complexity index is 440. The summed E-state index contributed by atoms with van der Waals surface area (Å²) < 4.78 is 0. The van der Waals surface area contributed by atoms with E-state index in [1.165, 1.54) is 31.7 Å². The maximum absolute atomic E-state index is 9.52. The Morgan fingerprint density at radius 1 is 1.16 bits per heavy atom. The van der Waals surface area contributed by atoms with Gasteiger partial charge in [-0.25, -0.2) is 0 Å². The lowest BCUT2D eigenvalue weighted by molar-refractivity contribution is 0.309. The molecule has 0 heterocycles. The quantitative estimate of drug-likeness (QED) is 0.780. The van der Waals surface area contributed by atoms with Crippen molar-refractivity contribution < 1.29 is 10.2 Å². The Kier molecular flexibility index (Phi) is 3.40. The minimum absolute atomic E-state index is 0.128. The molecule has 0 aromatic heterocycles. The molecule has 2 aliphatic rings. The fourth-order valence-corrected chi connectivity index (χ4v) is 3.94. The summed E-state index contributed by atoms with van der Waals surface area (Å²) in [4.78, 5) is 0. The lowest BCUT2D eigenvalue weighted by Gasteiger charge is -2.24. The first-order valence-electron chi connectivity index (χ1n) is 7.38. The molecule has 3 nitrogen and oxygen atoms in total. The second-order valence-electron chi connectivity index (χ2n) is 6.35. The fraction of sp³-hybridized carbons (Fsp3) is 0.625. The number of hydrogen-bond acceptors (Lipinski definition) is 3. The van der Waals surface area contributed by atoms with E-state index < -0.39 is 0 Å². The van der Waals surface area contributed by atoms with Crippen LogP contribution in [0.2, 0.25) is 0 Å². The van der Waals surface area contributed by atoms with Gasteiger partial charge in [0.1, 0.15) is 11.5 Å². The van der Waals surface area contributed by atoms with Crippen molar-refractivity contribution in [1.82, 2.24) is 5.32 Å². The van der Waals surface area contributed by atoms with E-state index in [1.54, 1.807) is 12.1 Å². The van der Waals surface area contributed by atoms with Gasteiger partial charge in [0.05, 0.1) is 0 Å². The molecule has 1 aromatic carbocycles. The minimum Gasteiger partial charge on any atom is -0.508 e. The first kappa shape index (κ1) is 12.8. The van der Waals surface area contributed by atoms with E-state index in [0.29, 0.717) is 0 Å². The van der Waals surface area contributed by atoms with E-state index in [-0.39, 0.29) is 17.5 Å². The summed E-state index contributed by atoms with van der Waals surface area (Å²) in [6, 6.07) is 4.97. The van der Waals surface area contributed by atoms with E-state index in [9.17, 15) is 10.2 Å². The highest BCUT2D eigenvalue weighted by Crippen LogP contribution is 2.48. The van der Waals surface area contributed by atoms with Gasteiger partial charge in [-0.1, -0.05) is 6.42 Å². The Balaban J connectivity index is 1.57. The lowest BCUT2D eigenvalue weighted by Crippen LogP contribution is -2.28. The Hall–Kier alpha value is -1.22. The van der Waals surface area contributed by atoms with Gasteiger partial charge < -0.3 is 15.5 Å². The topological polar surface area (TPSA) is 52.5 Å². The second kappa shape index (κ2) is 5.04. The van der Waals surface area contributed by atoms with E-state index in [4.69, 9.17) is 0 Å². The van der Waals surface area contributed by atoms with Crippen molar-refractivity contribution in [3.8, 4) is 11.5 Å². The summed E-state index contributed by atoms with van der Waals surface area (Å²) in [5.41, 5.74) is 0.945. The number of nitrogens with one attached hydrogen (secondary N) is 1. The number of aromatic hydroxyl groups is 2. The van der Waals surface area contributed by atoms with E-state index in [0.717, 1.165) is 29.9 Å². The van der Waals surface area contributed by atoms with Crippen molar-refractivity contribution in [2.75, 3.05) is 6.54 Å². The molecule has 1 aromatic rings. The molecule has 0 aliphatic heterocycles. The first-order valence-corrected chi connectivity index (χ1v) is 7.38. The molecule has 0 saturated heterocycles. The molecule has 19 heavy (non-hydrogen) atoms. The van der Waals surface area contributed by atoms with Gasteiger partial charge in [-0.15, -0.1) is 0 Å². The van der Waals surface area contributed by atoms with Gasteiger partial charge >= 0.3 is 0 Å². The molecule has 2 bridgehead atoms. The van der Waals surface area contributed by atoms with Crippen LogP contribution in [0.5, 0.6) is 11.5 Å². The fourth-order valence-electron chi connectivity index (χ4n) is 3.94. The molecular weight excluding hydrogens is 238 g/mol. The Morgan fingerprint density at radius 3 is 2.47 bits per heavy atom. The third-order valence-corrected chi connectivity index (χ3v) is 5.00. The van der Waals surface area contributed by atoms with Crippen molar-refractivity contribution in [3.05, 3.63) is 23.8 Å². The van der Waals surface area contributed by atoms with Crippen molar-refractivity contribution in [2.24, 2.45) is 17.8 Å². The van der Waals surface area contributed by atoms with Crippen LogP contribution in [0.3, 0.4) is 0 Å². The predicted octanol–water partition coefficient (Wildman–Crippen LogP) is 3.18. The summed E-state index contributed by atoms with van der Waals surface area (Å²) in [5, 5.41) is 22.6. The van der Waals surface area contributed by atoms with E-state index in [1.807, 2.05) is 0 Å². The average molecular weight is 261 g/mol. The number of rotatable bonds is 4. The van der Waals surface area contributed by atoms with Gasteiger partial charge in [-0.05, 0) is 68.2 Å². The molecule has 2 saturated carbocycles. The molecule has 0 spiro atoms. The zero-order chi connectivity index (χ0) is 13.4. The monoisotopic (exact) mass is 261 g/mol. The Labute approximate surface area is 114 Å². The van der Waals surface area contributed by atoms with Crippen LogP contribution in [0.25, 0.3) is 0 Å². The molecule has 4 unspecified atom stereocenters. The van der Waals surface area contributed by atoms with Crippen molar-refractivity contribution in [3.63, 3.8) is 0 Å². The van der Waals surface area contributed by atoms with Crippen LogP contribution in [0.15, 0.2) is 18.2 Å². The number of phenols is 2. The smallest absolute Gasteiger partial charge is 0.119 e. The van der Waals surface area contributed by atoms with Crippen LogP contribution in [0, 0.1) is 17.8 Å². The summed E-state index contributed by atoms with van der Waals surface area (Å²) >= 11 is 0. The third-order valence-electron chi connectivity index (χ3n) is 5.00. The standard InChI is InChI=1S/C16H23NO2/c1-10(13-6-15(18)8-16(19)7-13)17-9-14-5-11-2-3-12(14)4-11/h6-8,10-12,14,17-19H,2-5,9H2,1H3. The third kappa shape index (κ3) is 2.71. The van der Waals surface area contributed by atoms with Crippen molar-refractivity contribution in [1.29, 1.82) is 0 Å². The van der Waals surface area contributed by atoms with Crippen LogP contribution in [-0.4, -0.2) is 16.8 Å². The molecule has 0 amide bonds. The van der Waals surface area contributed by atoms with E-state index >= 15 is 0 Å². The maximum atomic E-state index is 9.52. The summed E-state index contributed by atoms with van der Waals surface area (Å²) in [7, 11) is 0. The second-order valence-corrected chi connectivity index (χ2v) is 6.35. The highest BCUT2D eigenvalue weighted by molar-refractivity contribution is 5.37. The minimum atomic E-state index is 0.128. The number of benzene rings is 1. The molecular formula is C16H23NO2. The highest BCUT2D eigenvalue weighted by atomic mass is 16.3. The largest absolute Gasteiger partial charge is 0.508 e. The van der Waals surface area contributed by atoms with Gasteiger partial charge in [0.25, 0.3) is 0 Å². The normalized spacial score (nSPS) is 30.7. The van der Waals surface area contributed by atoms with Gasteiger partial charge in [0.15, 0.2) is 0 Å². The average Bonchev–Trinajstić information content (AvgIpc) is 2.96. The van der Waals surface area contributed by atoms with Gasteiger partial charge in [0, 0.05) is 12.1 Å². The van der Waals surface area contributed by atoms with Crippen LogP contribution in [0.4, 0.5) is 0 Å². The SMILES string of the molecule is CC(NCC1CC2CCC1C2)c1cc(O)cc(O)c1. The highest BCUT2D eigenvalue weighted by Gasteiger charge is 2.39.